The van der Waals surface area contributed by atoms with E-state index in [0.29, 0.717) is 23.8 Å². The van der Waals surface area contributed by atoms with Gasteiger partial charge in [-0.2, -0.15) is 0 Å². The van der Waals surface area contributed by atoms with Gasteiger partial charge in [0.25, 0.3) is 0 Å². The van der Waals surface area contributed by atoms with E-state index in [1.807, 2.05) is 0 Å². The van der Waals surface area contributed by atoms with E-state index < -0.39 is 5.97 Å². The fourth-order valence-corrected chi connectivity index (χ4v) is 3.20. The molecule has 0 aromatic carbocycles. The Morgan fingerprint density at radius 1 is 1.56 bits per heavy atom. The Labute approximate surface area is 109 Å². The highest BCUT2D eigenvalue weighted by molar-refractivity contribution is 7.13. The molecule has 1 aliphatic carbocycles. The number of carboxylic acids is 1. The summed E-state index contributed by atoms with van der Waals surface area (Å²) in [5, 5.41) is 14.7. The van der Waals surface area contributed by atoms with Crippen molar-refractivity contribution in [3.8, 4) is 0 Å². The Bertz CT molecular complexity index is 444. The number of ether oxygens (including phenoxy) is 1. The number of hydrogen-bond donors (Lipinski definition) is 2. The van der Waals surface area contributed by atoms with Gasteiger partial charge in [0.1, 0.15) is 0 Å². The van der Waals surface area contributed by atoms with E-state index >= 15 is 0 Å². The van der Waals surface area contributed by atoms with Crippen molar-refractivity contribution in [1.82, 2.24) is 4.98 Å². The van der Waals surface area contributed by atoms with Crippen LogP contribution in [0.3, 0.4) is 0 Å². The number of nitrogens with zero attached hydrogens (tertiary/aromatic N) is 1. The molecule has 1 aliphatic heterocycles. The molecule has 0 amide bonds. The lowest BCUT2D eigenvalue weighted by molar-refractivity contribution is -0.136. The van der Waals surface area contributed by atoms with Gasteiger partial charge in [0.2, 0.25) is 0 Å². The molecule has 2 aliphatic rings. The van der Waals surface area contributed by atoms with Crippen LogP contribution in [-0.2, 0) is 16.0 Å². The average Bonchev–Trinajstić information content (AvgIpc) is 2.91. The molecular weight excluding hydrogens is 252 g/mol. The van der Waals surface area contributed by atoms with Crippen molar-refractivity contribution in [2.75, 3.05) is 11.9 Å². The molecule has 2 heterocycles. The van der Waals surface area contributed by atoms with Crippen LogP contribution in [0.2, 0.25) is 0 Å². The first-order valence-corrected chi connectivity index (χ1v) is 7.14. The molecule has 98 valence electrons. The molecule has 1 aromatic heterocycles. The molecule has 2 fully saturated rings. The van der Waals surface area contributed by atoms with Crippen LogP contribution in [-0.4, -0.2) is 34.8 Å². The second kappa shape index (κ2) is 4.85. The number of anilines is 1. The third-order valence-electron chi connectivity index (χ3n) is 3.42. The van der Waals surface area contributed by atoms with Gasteiger partial charge in [-0.1, -0.05) is 0 Å². The standard InChI is InChI=1S/C12H16N2O3S/c15-10(16)5-8-6-18-12(13-8)14-9-3-4-17-11(9)7-1-2-7/h6-7,9,11H,1-5H2,(H,13,14)(H,15,16). The Kier molecular flexibility index (Phi) is 3.22. The van der Waals surface area contributed by atoms with E-state index in [9.17, 15) is 4.79 Å². The topological polar surface area (TPSA) is 71.5 Å². The highest BCUT2D eigenvalue weighted by Crippen LogP contribution is 2.39. The first kappa shape index (κ1) is 11.9. The molecule has 1 saturated heterocycles. The summed E-state index contributed by atoms with van der Waals surface area (Å²) in [6, 6.07) is 0.335. The zero-order valence-corrected chi connectivity index (χ0v) is 10.8. The Balaban J connectivity index is 1.61. The third-order valence-corrected chi connectivity index (χ3v) is 4.24. The molecule has 1 aromatic rings. The second-order valence-electron chi connectivity index (χ2n) is 4.93. The largest absolute Gasteiger partial charge is 0.481 e. The summed E-state index contributed by atoms with van der Waals surface area (Å²) in [7, 11) is 0. The van der Waals surface area contributed by atoms with E-state index in [4.69, 9.17) is 9.84 Å². The number of aliphatic carboxylic acids is 1. The SMILES string of the molecule is O=C(O)Cc1csc(NC2CCOC2C2CC2)n1. The number of hydrogen-bond acceptors (Lipinski definition) is 5. The molecule has 2 atom stereocenters. The van der Waals surface area contributed by atoms with E-state index in [-0.39, 0.29) is 6.42 Å². The average molecular weight is 268 g/mol. The number of aromatic nitrogens is 1. The molecule has 3 rings (SSSR count). The van der Waals surface area contributed by atoms with Gasteiger partial charge >= 0.3 is 5.97 Å². The van der Waals surface area contributed by atoms with Gasteiger partial charge in [-0.25, -0.2) is 4.98 Å². The smallest absolute Gasteiger partial charge is 0.309 e. The van der Waals surface area contributed by atoms with E-state index in [2.05, 4.69) is 10.3 Å². The van der Waals surface area contributed by atoms with Gasteiger partial charge in [0.15, 0.2) is 5.13 Å². The maximum Gasteiger partial charge on any atom is 0.309 e. The molecule has 1 saturated carbocycles. The Morgan fingerprint density at radius 3 is 3.11 bits per heavy atom. The molecule has 5 nitrogen and oxygen atoms in total. The van der Waals surface area contributed by atoms with Crippen molar-refractivity contribution >= 4 is 22.4 Å². The van der Waals surface area contributed by atoms with Crippen molar-refractivity contribution < 1.29 is 14.6 Å². The van der Waals surface area contributed by atoms with Crippen molar-refractivity contribution in [1.29, 1.82) is 0 Å². The Hall–Kier alpha value is -1.14. The third kappa shape index (κ3) is 2.64. The van der Waals surface area contributed by atoms with Gasteiger partial charge in [0, 0.05) is 12.0 Å². The normalized spacial score (nSPS) is 27.3. The fraction of sp³-hybridized carbons (Fsp3) is 0.667. The quantitative estimate of drug-likeness (QED) is 0.851. The lowest BCUT2D eigenvalue weighted by Gasteiger charge is -2.18. The molecule has 18 heavy (non-hydrogen) atoms. The van der Waals surface area contributed by atoms with Crippen molar-refractivity contribution in [3.05, 3.63) is 11.1 Å². The zero-order valence-electron chi connectivity index (χ0n) is 9.96. The van der Waals surface area contributed by atoms with Crippen LogP contribution in [0.4, 0.5) is 5.13 Å². The summed E-state index contributed by atoms with van der Waals surface area (Å²) in [5.41, 5.74) is 0.622. The van der Waals surface area contributed by atoms with E-state index in [1.54, 1.807) is 5.38 Å². The van der Waals surface area contributed by atoms with E-state index in [0.717, 1.165) is 18.2 Å². The number of carboxylic acid groups (broad SMARTS) is 1. The summed E-state index contributed by atoms with van der Waals surface area (Å²) in [4.78, 5) is 14.9. The van der Waals surface area contributed by atoms with Crippen LogP contribution in [0.5, 0.6) is 0 Å². The predicted molar refractivity (Wildman–Crippen MR) is 67.9 cm³/mol. The summed E-state index contributed by atoms with van der Waals surface area (Å²) in [5.74, 6) is -0.129. The minimum atomic E-state index is -0.841. The lowest BCUT2D eigenvalue weighted by Crippen LogP contribution is -2.30. The van der Waals surface area contributed by atoms with Crippen molar-refractivity contribution in [2.45, 2.75) is 37.8 Å². The maximum atomic E-state index is 10.6. The van der Waals surface area contributed by atoms with Crippen LogP contribution in [0.25, 0.3) is 0 Å². The second-order valence-corrected chi connectivity index (χ2v) is 5.78. The maximum absolute atomic E-state index is 10.6. The van der Waals surface area contributed by atoms with Crippen LogP contribution < -0.4 is 5.32 Å². The molecule has 2 N–H and O–H groups in total. The fourth-order valence-electron chi connectivity index (χ4n) is 2.42. The molecular formula is C12H16N2O3S. The minimum Gasteiger partial charge on any atom is -0.481 e. The zero-order chi connectivity index (χ0) is 12.5. The molecule has 0 spiro atoms. The predicted octanol–water partition coefficient (Wildman–Crippen LogP) is 1.75. The highest BCUT2D eigenvalue weighted by atomic mass is 32.1. The summed E-state index contributed by atoms with van der Waals surface area (Å²) in [6.45, 7) is 0.812. The summed E-state index contributed by atoms with van der Waals surface area (Å²) in [6.07, 6.45) is 3.85. The number of nitrogens with one attached hydrogen (secondary N) is 1. The lowest BCUT2D eigenvalue weighted by atomic mass is 10.1. The van der Waals surface area contributed by atoms with Crippen molar-refractivity contribution in [3.63, 3.8) is 0 Å². The summed E-state index contributed by atoms with van der Waals surface area (Å²) >= 11 is 1.47. The van der Waals surface area contributed by atoms with Crippen LogP contribution in [0.15, 0.2) is 5.38 Å². The molecule has 0 bridgehead atoms. The number of thiazole rings is 1. The highest BCUT2D eigenvalue weighted by Gasteiger charge is 2.40. The Morgan fingerprint density at radius 2 is 2.39 bits per heavy atom. The van der Waals surface area contributed by atoms with Gasteiger partial charge < -0.3 is 15.2 Å². The van der Waals surface area contributed by atoms with Gasteiger partial charge in [0.05, 0.1) is 24.3 Å². The monoisotopic (exact) mass is 268 g/mol. The molecule has 0 radical (unpaired) electrons. The van der Waals surface area contributed by atoms with Gasteiger partial charge in [-0.3, -0.25) is 4.79 Å². The number of rotatable bonds is 5. The number of carbonyl (C=O) groups is 1. The molecule has 6 heteroatoms. The van der Waals surface area contributed by atoms with Crippen LogP contribution in [0, 0.1) is 5.92 Å². The van der Waals surface area contributed by atoms with Gasteiger partial charge in [-0.05, 0) is 25.2 Å². The first-order valence-electron chi connectivity index (χ1n) is 6.27. The van der Waals surface area contributed by atoms with Crippen LogP contribution in [0.1, 0.15) is 25.0 Å². The van der Waals surface area contributed by atoms with E-state index in [1.165, 1.54) is 24.2 Å². The molecule has 2 unspecified atom stereocenters. The first-order chi connectivity index (χ1) is 8.72. The van der Waals surface area contributed by atoms with Crippen LogP contribution >= 0.6 is 11.3 Å². The van der Waals surface area contributed by atoms with Gasteiger partial charge in [-0.15, -0.1) is 11.3 Å². The minimum absolute atomic E-state index is 0.00853. The summed E-state index contributed by atoms with van der Waals surface area (Å²) < 4.78 is 5.75. The van der Waals surface area contributed by atoms with Crippen molar-refractivity contribution in [2.24, 2.45) is 5.92 Å².